The van der Waals surface area contributed by atoms with Gasteiger partial charge in [-0.15, -0.1) is 0 Å². The summed E-state index contributed by atoms with van der Waals surface area (Å²) in [6.07, 6.45) is -0.459. The van der Waals surface area contributed by atoms with E-state index in [1.54, 1.807) is 0 Å². The number of piperidine rings is 1. The third-order valence-corrected chi connectivity index (χ3v) is 5.10. The molecule has 1 aromatic carbocycles. The van der Waals surface area contributed by atoms with E-state index in [1.165, 1.54) is 18.5 Å². The molecule has 3 aromatic rings. The number of anilines is 1. The van der Waals surface area contributed by atoms with Gasteiger partial charge in [0.2, 0.25) is 0 Å². The molecule has 0 unspecified atom stereocenters. The molecule has 0 bridgehead atoms. The maximum atomic E-state index is 14.2. The van der Waals surface area contributed by atoms with E-state index in [9.17, 15) is 4.39 Å². The van der Waals surface area contributed by atoms with E-state index >= 15 is 0 Å². The minimum absolute atomic E-state index is 0.0646. The molecule has 30 heavy (non-hydrogen) atoms. The van der Waals surface area contributed by atoms with Crippen LogP contribution in [0.1, 0.15) is 49.7 Å². The summed E-state index contributed by atoms with van der Waals surface area (Å²) in [5.41, 5.74) is 5.88. The minimum atomic E-state index is -2.89. The number of nitrogen functional groups attached to an aromatic ring is 1. The van der Waals surface area contributed by atoms with Gasteiger partial charge >= 0.3 is 0 Å². The summed E-state index contributed by atoms with van der Waals surface area (Å²) >= 11 is 12.2. The van der Waals surface area contributed by atoms with Gasteiger partial charge in [-0.3, -0.25) is 4.68 Å². The Kier molecular flexibility index (Phi) is 3.66. The first-order valence-corrected chi connectivity index (χ1v) is 9.50. The van der Waals surface area contributed by atoms with E-state index in [1.807, 2.05) is 0 Å². The zero-order valence-electron chi connectivity index (χ0n) is 24.3. The number of benzene rings is 1. The van der Waals surface area contributed by atoms with Gasteiger partial charge in [0.15, 0.2) is 11.6 Å². The number of pyridine rings is 1. The second kappa shape index (κ2) is 8.79. The van der Waals surface area contributed by atoms with Crippen molar-refractivity contribution in [3.8, 4) is 16.9 Å². The summed E-state index contributed by atoms with van der Waals surface area (Å²) in [6, 6.07) is 1.53. The van der Waals surface area contributed by atoms with Gasteiger partial charge in [0, 0.05) is 43.7 Å². The summed E-state index contributed by atoms with van der Waals surface area (Å²) in [5.74, 6) is -1.53. The first kappa shape index (κ1) is 12.5. The number of hydrogen-bond acceptors (Lipinski definition) is 5. The van der Waals surface area contributed by atoms with E-state index in [2.05, 4.69) is 15.4 Å². The molecule has 2 aromatic heterocycles. The Hall–Kier alpha value is -2.35. The Morgan fingerprint density at radius 1 is 1.43 bits per heavy atom. The van der Waals surface area contributed by atoms with Gasteiger partial charge in [-0.1, -0.05) is 23.2 Å². The first-order valence-electron chi connectivity index (χ1n) is 13.2. The predicted octanol–water partition coefficient (Wildman–Crippen LogP) is 5.04. The van der Waals surface area contributed by atoms with Crippen LogP contribution in [0.25, 0.3) is 11.1 Å². The quantitative estimate of drug-likeness (QED) is 0.523. The van der Waals surface area contributed by atoms with Crippen molar-refractivity contribution in [2.75, 3.05) is 18.7 Å². The van der Waals surface area contributed by atoms with Crippen molar-refractivity contribution in [3.63, 3.8) is 0 Å². The van der Waals surface area contributed by atoms with Crippen LogP contribution in [0.5, 0.6) is 5.75 Å². The number of hydrogen-bond donors (Lipinski definition) is 2. The van der Waals surface area contributed by atoms with Gasteiger partial charge in [-0.2, -0.15) is 5.10 Å². The number of nitrogens with one attached hydrogen (secondary N) is 1. The Labute approximate surface area is 196 Å². The van der Waals surface area contributed by atoms with E-state index < -0.39 is 55.6 Å². The average Bonchev–Trinajstić information content (AvgIpc) is 3.25. The van der Waals surface area contributed by atoms with Crippen molar-refractivity contribution in [1.29, 1.82) is 0 Å². The Balaban J connectivity index is 1.74. The molecule has 0 spiro atoms. The highest BCUT2D eigenvalue weighted by Gasteiger charge is 2.21. The number of ether oxygens (including phenoxy) is 1. The highest BCUT2D eigenvalue weighted by atomic mass is 35.5. The molecular weight excluding hydrogens is 428 g/mol. The minimum Gasteiger partial charge on any atom is -0.482 e. The molecule has 0 radical (unpaired) electrons. The highest BCUT2D eigenvalue weighted by Crippen LogP contribution is 2.37. The number of rotatable bonds is 5. The lowest BCUT2D eigenvalue weighted by Gasteiger charge is -2.22. The molecule has 6 nitrogen and oxygen atoms in total. The first-order chi connectivity index (χ1) is 17.8. The topological polar surface area (TPSA) is 78.0 Å². The standard InChI is InChI=1S/C21H22Cl2FN5O/c1-12(19-16(22)2-3-17(24)20(19)23)30-18-8-13(9-27-21(18)25)14-10-28-29(11-14)15-4-6-26-7-5-15/h2-3,8-12,15,26H,4-7H2,1H3,(H2,25,27)/t12-/m1/s1/i1D3,6D2,7D2,9D,15D. The van der Waals surface area contributed by atoms with Crippen molar-refractivity contribution < 1.29 is 21.5 Å². The molecule has 0 saturated carbocycles. The van der Waals surface area contributed by atoms with Crippen molar-refractivity contribution in [1.82, 2.24) is 20.1 Å². The zero-order chi connectivity index (χ0) is 29.1. The normalized spacial score (nSPS) is 25.1. The fourth-order valence-corrected chi connectivity index (χ4v) is 3.41. The van der Waals surface area contributed by atoms with Gasteiger partial charge < -0.3 is 15.8 Å². The molecule has 9 heteroatoms. The molecule has 1 aliphatic heterocycles. The monoisotopic (exact) mass is 458 g/mol. The van der Waals surface area contributed by atoms with E-state index in [0.29, 0.717) is 0 Å². The summed E-state index contributed by atoms with van der Waals surface area (Å²) in [4.78, 5) is 3.91. The largest absolute Gasteiger partial charge is 0.482 e. The van der Waals surface area contributed by atoms with Gasteiger partial charge in [-0.25, -0.2) is 9.37 Å². The number of aromatic nitrogens is 3. The van der Waals surface area contributed by atoms with Crippen LogP contribution >= 0.6 is 23.2 Å². The van der Waals surface area contributed by atoms with E-state index in [-0.39, 0.29) is 39.5 Å². The summed E-state index contributed by atoms with van der Waals surface area (Å²) in [5, 5.41) is 5.63. The SMILES string of the molecule is [2H]c1nc(N)c(O[C@@H](c2c(Cl)ccc(F)c2Cl)C([2H])([2H])[2H])cc1-c1cnn(C2([2H])CC([2H])([2H])NC([2H])([2H])C2)c1. The van der Waals surface area contributed by atoms with Crippen molar-refractivity contribution >= 4 is 29.0 Å². The fourth-order valence-electron chi connectivity index (χ4n) is 2.84. The number of halogens is 3. The Morgan fingerprint density at radius 3 is 3.00 bits per heavy atom. The lowest BCUT2D eigenvalue weighted by Crippen LogP contribution is -2.29. The molecule has 1 aliphatic rings. The average molecular weight is 459 g/mol. The summed E-state index contributed by atoms with van der Waals surface area (Å²) in [7, 11) is 0. The summed E-state index contributed by atoms with van der Waals surface area (Å²) in [6.45, 7) is -7.27. The van der Waals surface area contributed by atoms with Gasteiger partial charge in [-0.05, 0) is 50.9 Å². The lowest BCUT2D eigenvalue weighted by molar-refractivity contribution is 0.227. The Morgan fingerprint density at radius 2 is 2.23 bits per heavy atom. The van der Waals surface area contributed by atoms with Crippen LogP contribution in [0.2, 0.25) is 10.0 Å². The van der Waals surface area contributed by atoms with Crippen LogP contribution in [0.4, 0.5) is 10.2 Å². The molecule has 1 atom stereocenters. The van der Waals surface area contributed by atoms with Crippen molar-refractivity contribution in [2.45, 2.75) is 31.8 Å². The van der Waals surface area contributed by atoms with Crippen LogP contribution in [-0.2, 0) is 0 Å². The van der Waals surface area contributed by atoms with Gasteiger partial charge in [0.1, 0.15) is 11.9 Å². The lowest BCUT2D eigenvalue weighted by atomic mass is 10.1. The van der Waals surface area contributed by atoms with Crippen molar-refractivity contribution in [3.05, 3.63) is 58.2 Å². The third kappa shape index (κ3) is 4.24. The van der Waals surface area contributed by atoms with Crippen LogP contribution in [0, 0.1) is 5.82 Å². The van der Waals surface area contributed by atoms with Crippen LogP contribution in [0.3, 0.4) is 0 Å². The number of nitrogens with zero attached hydrogens (tertiary/aromatic N) is 3. The molecule has 0 aliphatic carbocycles. The smallest absolute Gasteiger partial charge is 0.166 e. The van der Waals surface area contributed by atoms with Crippen LogP contribution in [0.15, 0.2) is 36.8 Å². The van der Waals surface area contributed by atoms with Crippen molar-refractivity contribution in [2.24, 2.45) is 0 Å². The Bertz CT molecular complexity index is 1400. The molecular formula is C21H22Cl2FN5O. The second-order valence-electron chi connectivity index (χ2n) is 6.36. The molecule has 3 N–H and O–H groups in total. The molecule has 1 fully saturated rings. The zero-order valence-corrected chi connectivity index (χ0v) is 16.9. The maximum Gasteiger partial charge on any atom is 0.166 e. The van der Waals surface area contributed by atoms with E-state index in [0.717, 1.165) is 16.8 Å². The van der Waals surface area contributed by atoms with Crippen LogP contribution in [-0.4, -0.2) is 27.8 Å². The molecule has 4 rings (SSSR count). The highest BCUT2D eigenvalue weighted by molar-refractivity contribution is 6.36. The molecule has 3 heterocycles. The summed E-state index contributed by atoms with van der Waals surface area (Å²) < 4.78 is 93.7. The van der Waals surface area contributed by atoms with Gasteiger partial charge in [0.05, 0.1) is 20.0 Å². The molecule has 1 saturated heterocycles. The fraction of sp³-hybridized carbons (Fsp3) is 0.333. The maximum absolute atomic E-state index is 14.2. The number of nitrogens with two attached hydrogens (primary N) is 1. The van der Waals surface area contributed by atoms with Crippen LogP contribution < -0.4 is 15.8 Å². The second-order valence-corrected chi connectivity index (χ2v) is 7.14. The van der Waals surface area contributed by atoms with Gasteiger partial charge in [0.25, 0.3) is 0 Å². The molecule has 158 valence electrons. The predicted molar refractivity (Wildman–Crippen MR) is 116 cm³/mol. The molecule has 0 amide bonds. The third-order valence-electron chi connectivity index (χ3n) is 4.39. The van der Waals surface area contributed by atoms with E-state index in [4.69, 9.17) is 46.0 Å².